The van der Waals surface area contributed by atoms with Crippen molar-refractivity contribution in [2.45, 2.75) is 39.7 Å². The van der Waals surface area contributed by atoms with Crippen molar-refractivity contribution >= 4 is 38.8 Å². The molecule has 0 unspecified atom stereocenters. The lowest BCUT2D eigenvalue weighted by atomic mass is 9.89. The molecule has 1 aliphatic carbocycles. The summed E-state index contributed by atoms with van der Waals surface area (Å²) < 4.78 is 1.30. The monoisotopic (exact) mass is 412 g/mol. The van der Waals surface area contributed by atoms with Gasteiger partial charge in [-0.25, -0.2) is 4.98 Å². The SMILES string of the molecule is Cc1ccc([N+](=O)[O-])cc1NC(=O)Cn1cnc2sc3c(c2c1=O)CC[C@@H](C)C3. The molecule has 29 heavy (non-hydrogen) atoms. The number of anilines is 1. The van der Waals surface area contributed by atoms with E-state index in [1.165, 1.54) is 27.9 Å². The number of hydrogen-bond acceptors (Lipinski definition) is 6. The molecule has 2 heterocycles. The molecule has 4 rings (SSSR count). The second-order valence-electron chi connectivity index (χ2n) is 7.51. The number of nitrogens with zero attached hydrogens (tertiary/aromatic N) is 3. The van der Waals surface area contributed by atoms with Crippen LogP contribution < -0.4 is 10.9 Å². The molecule has 0 fully saturated rings. The lowest BCUT2D eigenvalue weighted by Gasteiger charge is -2.17. The predicted molar refractivity (Wildman–Crippen MR) is 112 cm³/mol. The normalized spacial score (nSPS) is 15.9. The van der Waals surface area contributed by atoms with Crippen molar-refractivity contribution in [1.29, 1.82) is 0 Å². The number of thiophene rings is 1. The van der Waals surface area contributed by atoms with Crippen LogP contribution in [0, 0.1) is 23.0 Å². The van der Waals surface area contributed by atoms with Gasteiger partial charge in [0, 0.05) is 17.0 Å². The number of fused-ring (bicyclic) bond motifs is 3. The lowest BCUT2D eigenvalue weighted by molar-refractivity contribution is -0.384. The van der Waals surface area contributed by atoms with Gasteiger partial charge in [-0.2, -0.15) is 0 Å². The molecular formula is C20H20N4O4S. The Hall–Kier alpha value is -3.07. The number of benzene rings is 1. The van der Waals surface area contributed by atoms with E-state index in [9.17, 15) is 19.7 Å². The second-order valence-corrected chi connectivity index (χ2v) is 8.60. The molecule has 9 heteroatoms. The van der Waals surface area contributed by atoms with Crippen LogP contribution in [0.5, 0.6) is 0 Å². The largest absolute Gasteiger partial charge is 0.324 e. The summed E-state index contributed by atoms with van der Waals surface area (Å²) in [5.74, 6) is 0.163. The maximum atomic E-state index is 13.0. The van der Waals surface area contributed by atoms with Crippen molar-refractivity contribution < 1.29 is 9.72 Å². The molecule has 1 aromatic carbocycles. The first-order valence-corrected chi connectivity index (χ1v) is 10.2. The summed E-state index contributed by atoms with van der Waals surface area (Å²) in [5.41, 5.74) is 1.81. The number of aromatic nitrogens is 2. The maximum Gasteiger partial charge on any atom is 0.271 e. The average molecular weight is 412 g/mol. The Morgan fingerprint density at radius 2 is 2.24 bits per heavy atom. The van der Waals surface area contributed by atoms with Gasteiger partial charge in [0.15, 0.2) is 0 Å². The molecule has 0 radical (unpaired) electrons. The Labute approximate surface area is 170 Å². The molecule has 1 N–H and O–H groups in total. The Morgan fingerprint density at radius 3 is 3.00 bits per heavy atom. The molecule has 0 bridgehead atoms. The predicted octanol–water partition coefficient (Wildman–Crippen LogP) is 3.44. The van der Waals surface area contributed by atoms with Crippen molar-refractivity contribution in [1.82, 2.24) is 9.55 Å². The van der Waals surface area contributed by atoms with Gasteiger partial charge >= 0.3 is 0 Å². The summed E-state index contributed by atoms with van der Waals surface area (Å²) in [5, 5.41) is 14.2. The number of nitro benzene ring substituents is 1. The number of nitro groups is 1. The van der Waals surface area contributed by atoms with Gasteiger partial charge in [-0.3, -0.25) is 24.3 Å². The van der Waals surface area contributed by atoms with Crippen LogP contribution in [-0.2, 0) is 24.2 Å². The van der Waals surface area contributed by atoms with E-state index in [0.29, 0.717) is 22.6 Å². The van der Waals surface area contributed by atoms with Crippen LogP contribution in [0.25, 0.3) is 10.2 Å². The van der Waals surface area contributed by atoms with Crippen molar-refractivity contribution in [3.05, 3.63) is 61.0 Å². The van der Waals surface area contributed by atoms with E-state index in [0.717, 1.165) is 29.7 Å². The first kappa shape index (κ1) is 19.3. The fourth-order valence-electron chi connectivity index (χ4n) is 3.68. The molecule has 8 nitrogen and oxygen atoms in total. The second kappa shape index (κ2) is 7.40. The zero-order chi connectivity index (χ0) is 20.7. The van der Waals surface area contributed by atoms with Gasteiger partial charge in [0.2, 0.25) is 5.91 Å². The molecule has 0 saturated heterocycles. The van der Waals surface area contributed by atoms with Crippen molar-refractivity contribution in [3.63, 3.8) is 0 Å². The first-order chi connectivity index (χ1) is 13.8. The van der Waals surface area contributed by atoms with Crippen LogP contribution in [0.15, 0.2) is 29.3 Å². The fourth-order valence-corrected chi connectivity index (χ4v) is 5.02. The van der Waals surface area contributed by atoms with E-state index in [1.807, 2.05) is 0 Å². The van der Waals surface area contributed by atoms with Crippen LogP contribution in [0.1, 0.15) is 29.3 Å². The van der Waals surface area contributed by atoms with Gasteiger partial charge in [0.1, 0.15) is 11.4 Å². The molecule has 2 aromatic heterocycles. The molecule has 1 aliphatic rings. The number of nitrogens with one attached hydrogen (secondary N) is 1. The van der Waals surface area contributed by atoms with E-state index in [-0.39, 0.29) is 17.8 Å². The van der Waals surface area contributed by atoms with Gasteiger partial charge < -0.3 is 5.32 Å². The standard InChI is InChI=1S/C20H20N4O4S/c1-11-3-6-14-16(7-11)29-19-18(14)20(26)23(10-21-19)9-17(25)22-15-8-13(24(27)28)5-4-12(15)2/h4-5,8,10-11H,3,6-7,9H2,1-2H3,(H,22,25)/t11-/m1/s1. The quantitative estimate of drug-likeness (QED) is 0.522. The summed E-state index contributed by atoms with van der Waals surface area (Å²) in [6.45, 7) is 3.75. The van der Waals surface area contributed by atoms with Gasteiger partial charge in [0.25, 0.3) is 11.2 Å². The zero-order valence-corrected chi connectivity index (χ0v) is 16.9. The topological polar surface area (TPSA) is 107 Å². The van der Waals surface area contributed by atoms with Crippen molar-refractivity contribution in [2.24, 2.45) is 5.92 Å². The highest BCUT2D eigenvalue weighted by Crippen LogP contribution is 2.35. The Morgan fingerprint density at radius 1 is 1.45 bits per heavy atom. The molecule has 0 saturated carbocycles. The smallest absolute Gasteiger partial charge is 0.271 e. The molecule has 150 valence electrons. The van der Waals surface area contributed by atoms with Gasteiger partial charge in [-0.15, -0.1) is 11.3 Å². The van der Waals surface area contributed by atoms with E-state index < -0.39 is 10.8 Å². The minimum absolute atomic E-state index is 0.106. The van der Waals surface area contributed by atoms with Crippen molar-refractivity contribution in [2.75, 3.05) is 5.32 Å². The van der Waals surface area contributed by atoms with Crippen LogP contribution in [0.3, 0.4) is 0 Å². The van der Waals surface area contributed by atoms with E-state index in [2.05, 4.69) is 17.2 Å². The van der Waals surface area contributed by atoms with Crippen molar-refractivity contribution in [3.8, 4) is 0 Å². The summed E-state index contributed by atoms with van der Waals surface area (Å²) >= 11 is 1.57. The zero-order valence-electron chi connectivity index (χ0n) is 16.1. The third-order valence-electron chi connectivity index (χ3n) is 5.30. The summed E-state index contributed by atoms with van der Waals surface area (Å²) in [6, 6.07) is 4.27. The van der Waals surface area contributed by atoms with E-state index in [1.54, 1.807) is 24.3 Å². The highest BCUT2D eigenvalue weighted by atomic mass is 32.1. The number of amides is 1. The highest BCUT2D eigenvalue weighted by Gasteiger charge is 2.23. The van der Waals surface area contributed by atoms with E-state index in [4.69, 9.17) is 0 Å². The van der Waals surface area contributed by atoms with Crippen LogP contribution >= 0.6 is 11.3 Å². The van der Waals surface area contributed by atoms with Crippen LogP contribution in [0.4, 0.5) is 11.4 Å². The number of hydrogen-bond donors (Lipinski definition) is 1. The first-order valence-electron chi connectivity index (χ1n) is 9.38. The number of carbonyl (C=O) groups excluding carboxylic acids is 1. The minimum Gasteiger partial charge on any atom is -0.324 e. The molecule has 1 atom stereocenters. The van der Waals surface area contributed by atoms with Gasteiger partial charge in [-0.05, 0) is 43.2 Å². The maximum absolute atomic E-state index is 13.0. The Kier molecular flexibility index (Phi) is 4.91. The lowest BCUT2D eigenvalue weighted by Crippen LogP contribution is -2.28. The number of rotatable bonds is 4. The summed E-state index contributed by atoms with van der Waals surface area (Å²) in [6.07, 6.45) is 4.26. The Bertz CT molecular complexity index is 1200. The highest BCUT2D eigenvalue weighted by molar-refractivity contribution is 7.18. The minimum atomic E-state index is -0.516. The summed E-state index contributed by atoms with van der Waals surface area (Å²) in [4.78, 5) is 42.3. The Balaban J connectivity index is 1.61. The number of non-ortho nitro benzene ring substituents is 1. The van der Waals surface area contributed by atoms with Gasteiger partial charge in [-0.1, -0.05) is 13.0 Å². The fraction of sp³-hybridized carbons (Fsp3) is 0.350. The molecule has 0 spiro atoms. The van der Waals surface area contributed by atoms with Crippen LogP contribution in [0.2, 0.25) is 0 Å². The van der Waals surface area contributed by atoms with Crippen LogP contribution in [-0.4, -0.2) is 20.4 Å². The molecular weight excluding hydrogens is 392 g/mol. The summed E-state index contributed by atoms with van der Waals surface area (Å²) in [7, 11) is 0. The van der Waals surface area contributed by atoms with E-state index >= 15 is 0 Å². The molecule has 0 aliphatic heterocycles. The van der Waals surface area contributed by atoms with Gasteiger partial charge in [0.05, 0.1) is 22.3 Å². The number of aryl methyl sites for hydroxylation is 2. The third-order valence-corrected chi connectivity index (χ3v) is 6.46. The molecule has 1 amide bonds. The average Bonchev–Trinajstić information content (AvgIpc) is 3.03. The third kappa shape index (κ3) is 3.65. The number of carbonyl (C=O) groups is 1. The molecule has 3 aromatic rings.